The van der Waals surface area contributed by atoms with Crippen LogP contribution in [0.25, 0.3) is 0 Å². The maximum absolute atomic E-state index is 5.61. The van der Waals surface area contributed by atoms with Gasteiger partial charge >= 0.3 is 0 Å². The van der Waals surface area contributed by atoms with Gasteiger partial charge in [-0.1, -0.05) is 26.0 Å². The van der Waals surface area contributed by atoms with Gasteiger partial charge in [-0.15, -0.1) is 0 Å². The van der Waals surface area contributed by atoms with E-state index in [1.54, 1.807) is 6.21 Å². The van der Waals surface area contributed by atoms with E-state index in [9.17, 15) is 0 Å². The molecule has 0 amide bonds. The molecule has 1 heterocycles. The van der Waals surface area contributed by atoms with Crippen LogP contribution in [0.15, 0.2) is 33.9 Å². The van der Waals surface area contributed by atoms with Crippen molar-refractivity contribution in [1.29, 1.82) is 0 Å². The van der Waals surface area contributed by atoms with Crippen molar-refractivity contribution in [3.05, 3.63) is 30.0 Å². The topological polar surface area (TPSA) is 80.5 Å². The molecule has 0 aliphatic rings. The molecule has 112 valence electrons. The first kappa shape index (κ1) is 15.0. The van der Waals surface area contributed by atoms with Gasteiger partial charge in [-0.3, -0.25) is 4.99 Å². The van der Waals surface area contributed by atoms with Gasteiger partial charge in [0.15, 0.2) is 11.5 Å². The standard InChI is InChI=1S/C15H21N5O/c1-11(2)8-9-20(3)14-7-5-4-6-12(14)17-10-13-15(16)19-21-18-13/h4-7,10-11H,8-9H2,1-3H3,(H2,16,19). The molecule has 0 aliphatic carbocycles. The van der Waals surface area contributed by atoms with E-state index in [-0.39, 0.29) is 5.82 Å². The molecule has 21 heavy (non-hydrogen) atoms. The lowest BCUT2D eigenvalue weighted by Crippen LogP contribution is -2.19. The van der Waals surface area contributed by atoms with Crippen molar-refractivity contribution < 1.29 is 4.63 Å². The number of anilines is 2. The van der Waals surface area contributed by atoms with Crippen LogP contribution in [-0.2, 0) is 0 Å². The number of rotatable bonds is 6. The third-order valence-corrected chi connectivity index (χ3v) is 3.20. The smallest absolute Gasteiger partial charge is 0.197 e. The van der Waals surface area contributed by atoms with E-state index >= 15 is 0 Å². The van der Waals surface area contributed by atoms with Crippen LogP contribution in [0.4, 0.5) is 17.2 Å². The van der Waals surface area contributed by atoms with Gasteiger partial charge in [-0.2, -0.15) is 0 Å². The number of aromatic nitrogens is 2. The van der Waals surface area contributed by atoms with Gasteiger partial charge in [0.25, 0.3) is 0 Å². The maximum atomic E-state index is 5.61. The summed E-state index contributed by atoms with van der Waals surface area (Å²) in [6.45, 7) is 5.42. The lowest BCUT2D eigenvalue weighted by Gasteiger charge is -2.21. The van der Waals surface area contributed by atoms with Gasteiger partial charge in [-0.25, -0.2) is 4.63 Å². The minimum Gasteiger partial charge on any atom is -0.379 e. The summed E-state index contributed by atoms with van der Waals surface area (Å²) in [5, 5.41) is 7.22. The highest BCUT2D eigenvalue weighted by atomic mass is 16.6. The zero-order valence-electron chi connectivity index (χ0n) is 12.7. The first-order valence-electron chi connectivity index (χ1n) is 7.00. The van der Waals surface area contributed by atoms with Crippen molar-refractivity contribution in [3.63, 3.8) is 0 Å². The molecule has 1 aromatic heterocycles. The Morgan fingerprint density at radius 3 is 2.76 bits per heavy atom. The third kappa shape index (κ3) is 4.05. The van der Waals surface area contributed by atoms with E-state index in [4.69, 9.17) is 5.73 Å². The first-order chi connectivity index (χ1) is 10.1. The fourth-order valence-corrected chi connectivity index (χ4v) is 1.89. The molecule has 0 unspecified atom stereocenters. The number of nitrogen functional groups attached to an aromatic ring is 1. The van der Waals surface area contributed by atoms with Crippen molar-refractivity contribution in [2.24, 2.45) is 10.9 Å². The van der Waals surface area contributed by atoms with Crippen LogP contribution in [0, 0.1) is 5.92 Å². The van der Waals surface area contributed by atoms with E-state index in [1.807, 2.05) is 18.2 Å². The van der Waals surface area contributed by atoms with Gasteiger partial charge in [0.05, 0.1) is 17.6 Å². The van der Waals surface area contributed by atoms with E-state index in [2.05, 4.69) is 51.8 Å². The van der Waals surface area contributed by atoms with E-state index in [0.717, 1.165) is 24.3 Å². The second-order valence-electron chi connectivity index (χ2n) is 5.39. The second-order valence-corrected chi connectivity index (χ2v) is 5.39. The predicted molar refractivity (Wildman–Crippen MR) is 85.1 cm³/mol. The largest absolute Gasteiger partial charge is 0.379 e. The van der Waals surface area contributed by atoms with Crippen LogP contribution in [0.1, 0.15) is 26.0 Å². The van der Waals surface area contributed by atoms with Crippen molar-refractivity contribution in [2.45, 2.75) is 20.3 Å². The van der Waals surface area contributed by atoms with Crippen molar-refractivity contribution in [3.8, 4) is 0 Å². The van der Waals surface area contributed by atoms with Gasteiger partial charge in [0, 0.05) is 13.6 Å². The summed E-state index contributed by atoms with van der Waals surface area (Å²) >= 11 is 0. The Balaban J connectivity index is 2.17. The molecular weight excluding hydrogens is 266 g/mol. The fraction of sp³-hybridized carbons (Fsp3) is 0.400. The highest BCUT2D eigenvalue weighted by Gasteiger charge is 2.08. The van der Waals surface area contributed by atoms with Gasteiger partial charge in [0.2, 0.25) is 0 Å². The van der Waals surface area contributed by atoms with Crippen LogP contribution in [-0.4, -0.2) is 30.1 Å². The summed E-state index contributed by atoms with van der Waals surface area (Å²) < 4.78 is 4.55. The average molecular weight is 287 g/mol. The quantitative estimate of drug-likeness (QED) is 0.826. The Kier molecular flexibility index (Phi) is 4.92. The second kappa shape index (κ2) is 6.88. The molecule has 0 aliphatic heterocycles. The summed E-state index contributed by atoms with van der Waals surface area (Å²) in [6.07, 6.45) is 2.70. The summed E-state index contributed by atoms with van der Waals surface area (Å²) in [5.41, 5.74) is 7.99. The van der Waals surface area contributed by atoms with Gasteiger partial charge in [0.1, 0.15) is 0 Å². The molecule has 2 rings (SSSR count). The monoisotopic (exact) mass is 287 g/mol. The van der Waals surface area contributed by atoms with Crippen molar-refractivity contribution in [1.82, 2.24) is 10.3 Å². The van der Waals surface area contributed by atoms with E-state index in [1.165, 1.54) is 0 Å². The summed E-state index contributed by atoms with van der Waals surface area (Å²) in [7, 11) is 2.07. The molecule has 2 N–H and O–H groups in total. The summed E-state index contributed by atoms with van der Waals surface area (Å²) in [4.78, 5) is 6.65. The molecule has 0 atom stereocenters. The normalized spacial score (nSPS) is 11.4. The number of aliphatic imine (C=N–C) groups is 1. The van der Waals surface area contributed by atoms with Crippen LogP contribution >= 0.6 is 0 Å². The molecule has 6 nitrogen and oxygen atoms in total. The van der Waals surface area contributed by atoms with Crippen LogP contribution in [0.5, 0.6) is 0 Å². The Hall–Kier alpha value is -2.37. The molecule has 0 saturated heterocycles. The Morgan fingerprint density at radius 2 is 2.10 bits per heavy atom. The number of hydrogen-bond acceptors (Lipinski definition) is 6. The van der Waals surface area contributed by atoms with Crippen molar-refractivity contribution >= 4 is 23.4 Å². The molecule has 6 heteroatoms. The van der Waals surface area contributed by atoms with Crippen LogP contribution in [0.2, 0.25) is 0 Å². The molecule has 0 spiro atoms. The van der Waals surface area contributed by atoms with Crippen LogP contribution in [0.3, 0.4) is 0 Å². The average Bonchev–Trinajstić information content (AvgIpc) is 2.88. The Bertz CT molecular complexity index is 606. The highest BCUT2D eigenvalue weighted by molar-refractivity contribution is 5.86. The molecule has 1 aromatic carbocycles. The molecule has 0 bridgehead atoms. The zero-order valence-corrected chi connectivity index (χ0v) is 12.7. The number of nitrogens with zero attached hydrogens (tertiary/aromatic N) is 4. The minimum atomic E-state index is 0.240. The maximum Gasteiger partial charge on any atom is 0.197 e. The lowest BCUT2D eigenvalue weighted by molar-refractivity contribution is 0.308. The van der Waals surface area contributed by atoms with E-state index in [0.29, 0.717) is 11.6 Å². The zero-order chi connectivity index (χ0) is 15.2. The van der Waals surface area contributed by atoms with Crippen molar-refractivity contribution in [2.75, 3.05) is 24.2 Å². The third-order valence-electron chi connectivity index (χ3n) is 3.20. The van der Waals surface area contributed by atoms with E-state index < -0.39 is 0 Å². The molecule has 0 radical (unpaired) electrons. The number of hydrogen-bond donors (Lipinski definition) is 1. The van der Waals surface area contributed by atoms with Crippen LogP contribution < -0.4 is 10.6 Å². The molecule has 2 aromatic rings. The molecule has 0 saturated carbocycles. The predicted octanol–water partition coefficient (Wildman–Crippen LogP) is 2.88. The molecule has 0 fully saturated rings. The number of nitrogens with two attached hydrogens (primary N) is 1. The number of benzene rings is 1. The Morgan fingerprint density at radius 1 is 1.33 bits per heavy atom. The minimum absolute atomic E-state index is 0.240. The molecular formula is C15H21N5O. The summed E-state index contributed by atoms with van der Waals surface area (Å²) in [6, 6.07) is 7.97. The van der Waals surface area contributed by atoms with Gasteiger partial charge < -0.3 is 10.6 Å². The van der Waals surface area contributed by atoms with Gasteiger partial charge in [-0.05, 0) is 34.8 Å². The number of para-hydroxylation sites is 2. The fourth-order valence-electron chi connectivity index (χ4n) is 1.89. The lowest BCUT2D eigenvalue weighted by atomic mass is 10.1. The first-order valence-corrected chi connectivity index (χ1v) is 7.00. The summed E-state index contributed by atoms with van der Waals surface area (Å²) in [5.74, 6) is 0.911. The SMILES string of the molecule is CC(C)CCN(C)c1ccccc1N=Cc1nonc1N. The Labute approximate surface area is 124 Å². The highest BCUT2D eigenvalue weighted by Crippen LogP contribution is 2.27.